The Kier molecular flexibility index (Phi) is 5.45. The molecule has 2 spiro atoms. The Balaban J connectivity index is 1.92. The molecule has 0 radical (unpaired) electrons. The predicted molar refractivity (Wildman–Crippen MR) is 96.1 cm³/mol. The van der Waals surface area contributed by atoms with Gasteiger partial charge in [-0.05, 0) is 49.9 Å². The Hall–Kier alpha value is 0.01000. The lowest BCUT2D eigenvalue weighted by Gasteiger charge is -2.54. The fraction of sp³-hybridized carbons (Fsp3) is 0.947. The Labute approximate surface area is 155 Å². The first kappa shape index (κ1) is 18.8. The summed E-state index contributed by atoms with van der Waals surface area (Å²) >= 11 is 12.1. The second-order valence-electron chi connectivity index (χ2n) is 8.58. The quantitative estimate of drug-likeness (QED) is 0.483. The molecule has 5 atom stereocenters. The van der Waals surface area contributed by atoms with Crippen LogP contribution in [0.1, 0.15) is 72.1 Å². The maximum absolute atomic E-state index is 12.6. The van der Waals surface area contributed by atoms with Gasteiger partial charge in [-0.2, -0.15) is 0 Å². The summed E-state index contributed by atoms with van der Waals surface area (Å²) in [6, 6.07) is 0. The minimum atomic E-state index is -0.752. The first-order chi connectivity index (χ1) is 11.3. The zero-order valence-corrected chi connectivity index (χ0v) is 16.5. The van der Waals surface area contributed by atoms with Crippen LogP contribution in [0.4, 0.5) is 0 Å². The van der Waals surface area contributed by atoms with E-state index >= 15 is 0 Å². The maximum atomic E-state index is 12.6. The monoisotopic (exact) mass is 376 g/mol. The van der Waals surface area contributed by atoms with Crippen molar-refractivity contribution in [3.63, 3.8) is 0 Å². The Morgan fingerprint density at radius 3 is 2.67 bits per heavy atom. The van der Waals surface area contributed by atoms with Crippen LogP contribution in [0.15, 0.2) is 0 Å². The van der Waals surface area contributed by atoms with Crippen LogP contribution in [-0.2, 0) is 14.3 Å². The van der Waals surface area contributed by atoms with Crippen molar-refractivity contribution in [3.8, 4) is 0 Å². The van der Waals surface area contributed by atoms with Crippen molar-refractivity contribution < 1.29 is 14.3 Å². The van der Waals surface area contributed by atoms with Crippen LogP contribution in [0.2, 0.25) is 0 Å². The smallest absolute Gasteiger partial charge is 0.311 e. The molecule has 24 heavy (non-hydrogen) atoms. The number of hydrogen-bond donors (Lipinski definition) is 0. The van der Waals surface area contributed by atoms with Crippen LogP contribution in [0.25, 0.3) is 0 Å². The fourth-order valence-corrected chi connectivity index (χ4v) is 5.83. The van der Waals surface area contributed by atoms with Crippen molar-refractivity contribution in [2.45, 2.75) is 88.4 Å². The molecule has 3 fully saturated rings. The molecular formula is C19H30Cl2O3. The predicted octanol–water partition coefficient (Wildman–Crippen LogP) is 5.47. The van der Waals surface area contributed by atoms with E-state index in [0.29, 0.717) is 24.7 Å². The van der Waals surface area contributed by atoms with E-state index in [9.17, 15) is 4.79 Å². The van der Waals surface area contributed by atoms with Gasteiger partial charge in [0.2, 0.25) is 5.79 Å². The van der Waals surface area contributed by atoms with Gasteiger partial charge in [0, 0.05) is 12.3 Å². The van der Waals surface area contributed by atoms with Gasteiger partial charge in [0.05, 0.1) is 12.0 Å². The SMILES string of the molecule is CC(C)[C@@H]1CC[C@@H](C)C[C@]12OC(=O)C[C@@]1(CCC[C@@H]1CC(Cl)Cl)O2. The van der Waals surface area contributed by atoms with Gasteiger partial charge in [-0.1, -0.05) is 27.2 Å². The molecule has 1 aliphatic heterocycles. The molecule has 0 aromatic rings. The van der Waals surface area contributed by atoms with Crippen molar-refractivity contribution in [2.24, 2.45) is 23.7 Å². The van der Waals surface area contributed by atoms with Gasteiger partial charge in [0.25, 0.3) is 0 Å². The highest BCUT2D eigenvalue weighted by Crippen LogP contribution is 2.55. The van der Waals surface area contributed by atoms with Gasteiger partial charge in [-0.25, -0.2) is 0 Å². The third-order valence-corrected chi connectivity index (χ3v) is 6.79. The Bertz CT molecular complexity index is 481. The zero-order valence-electron chi connectivity index (χ0n) is 15.0. The first-order valence-corrected chi connectivity index (χ1v) is 10.3. The molecule has 5 heteroatoms. The molecule has 3 aliphatic rings. The summed E-state index contributed by atoms with van der Waals surface area (Å²) in [6.07, 6.45) is 7.08. The van der Waals surface area contributed by atoms with E-state index in [0.717, 1.165) is 32.1 Å². The molecule has 2 aliphatic carbocycles. The van der Waals surface area contributed by atoms with Gasteiger partial charge in [-0.3, -0.25) is 4.79 Å². The number of alkyl halides is 2. The van der Waals surface area contributed by atoms with Crippen molar-refractivity contribution in [2.75, 3.05) is 0 Å². The summed E-state index contributed by atoms with van der Waals surface area (Å²) in [4.78, 5) is 12.2. The van der Waals surface area contributed by atoms with Crippen LogP contribution < -0.4 is 0 Å². The van der Waals surface area contributed by atoms with Crippen LogP contribution >= 0.6 is 23.2 Å². The molecule has 3 rings (SSSR count). The summed E-state index contributed by atoms with van der Waals surface area (Å²) in [5.41, 5.74) is -0.429. The highest BCUT2D eigenvalue weighted by molar-refractivity contribution is 6.44. The average Bonchev–Trinajstić information content (AvgIpc) is 2.77. The van der Waals surface area contributed by atoms with Gasteiger partial charge in [-0.15, -0.1) is 23.2 Å². The van der Waals surface area contributed by atoms with E-state index in [1.165, 1.54) is 6.42 Å². The lowest BCUT2D eigenvalue weighted by molar-refractivity contribution is -0.349. The molecule has 138 valence electrons. The second kappa shape index (κ2) is 6.96. The molecule has 1 heterocycles. The third kappa shape index (κ3) is 3.46. The molecule has 0 unspecified atom stereocenters. The molecule has 0 amide bonds. The van der Waals surface area contributed by atoms with Crippen molar-refractivity contribution in [1.29, 1.82) is 0 Å². The van der Waals surface area contributed by atoms with Crippen LogP contribution in [0, 0.1) is 23.7 Å². The maximum Gasteiger partial charge on any atom is 0.311 e. The summed E-state index contributed by atoms with van der Waals surface area (Å²) in [6.45, 7) is 6.65. The highest BCUT2D eigenvalue weighted by atomic mass is 35.5. The van der Waals surface area contributed by atoms with Gasteiger partial charge in [0.1, 0.15) is 4.84 Å². The van der Waals surface area contributed by atoms with Crippen LogP contribution in [-0.4, -0.2) is 22.2 Å². The normalized spacial score (nSPS) is 43.1. The third-order valence-electron chi connectivity index (χ3n) is 6.44. The standard InChI is InChI=1S/C19H30Cl2O3/c1-12(2)15-7-6-13(3)10-19(15)23-17(22)11-18(24-19)8-4-5-14(18)9-16(20)21/h12-16H,4-11H2,1-3H3/t13-,14-,15+,18-,19-/m1/s1. The van der Waals surface area contributed by atoms with Crippen molar-refractivity contribution in [1.82, 2.24) is 0 Å². The second-order valence-corrected chi connectivity index (χ2v) is 9.86. The molecule has 0 N–H and O–H groups in total. The zero-order chi connectivity index (χ0) is 17.5. The van der Waals surface area contributed by atoms with Gasteiger partial charge in [0.15, 0.2) is 0 Å². The fourth-order valence-electron chi connectivity index (χ4n) is 5.40. The average molecular weight is 377 g/mol. The van der Waals surface area contributed by atoms with E-state index < -0.39 is 16.2 Å². The number of halogens is 2. The van der Waals surface area contributed by atoms with E-state index in [1.807, 2.05) is 0 Å². The molecular weight excluding hydrogens is 347 g/mol. The molecule has 0 aromatic carbocycles. The summed E-state index contributed by atoms with van der Waals surface area (Å²) in [5.74, 6) is 0.586. The molecule has 0 bridgehead atoms. The van der Waals surface area contributed by atoms with Gasteiger partial charge >= 0.3 is 5.97 Å². The van der Waals surface area contributed by atoms with Crippen LogP contribution in [0.5, 0.6) is 0 Å². The van der Waals surface area contributed by atoms with Gasteiger partial charge < -0.3 is 9.47 Å². The lowest BCUT2D eigenvalue weighted by Crippen LogP contribution is -2.61. The van der Waals surface area contributed by atoms with E-state index in [4.69, 9.17) is 32.7 Å². The summed E-state index contributed by atoms with van der Waals surface area (Å²) in [5, 5.41) is 0. The van der Waals surface area contributed by atoms with E-state index in [-0.39, 0.29) is 17.8 Å². The number of carbonyl (C=O) groups excluding carboxylic acids is 1. The van der Waals surface area contributed by atoms with E-state index in [1.54, 1.807) is 0 Å². The van der Waals surface area contributed by atoms with Crippen molar-refractivity contribution in [3.05, 3.63) is 0 Å². The minimum Gasteiger partial charge on any atom is -0.433 e. The summed E-state index contributed by atoms with van der Waals surface area (Å²) in [7, 11) is 0. The molecule has 1 saturated heterocycles. The lowest BCUT2D eigenvalue weighted by atomic mass is 9.71. The molecule has 2 saturated carbocycles. The largest absolute Gasteiger partial charge is 0.433 e. The molecule has 3 nitrogen and oxygen atoms in total. The topological polar surface area (TPSA) is 35.5 Å². The van der Waals surface area contributed by atoms with E-state index in [2.05, 4.69) is 20.8 Å². The summed E-state index contributed by atoms with van der Waals surface area (Å²) < 4.78 is 12.8. The Morgan fingerprint density at radius 1 is 1.25 bits per heavy atom. The minimum absolute atomic E-state index is 0.103. The number of rotatable bonds is 3. The first-order valence-electron chi connectivity index (χ1n) is 9.46. The molecule has 0 aromatic heterocycles. The number of esters is 1. The Morgan fingerprint density at radius 2 is 2.00 bits per heavy atom. The number of ether oxygens (including phenoxy) is 2. The van der Waals surface area contributed by atoms with Crippen LogP contribution in [0.3, 0.4) is 0 Å². The number of hydrogen-bond acceptors (Lipinski definition) is 3. The number of carbonyl (C=O) groups is 1. The highest BCUT2D eigenvalue weighted by Gasteiger charge is 2.60. The van der Waals surface area contributed by atoms with Crippen molar-refractivity contribution >= 4 is 29.2 Å².